The second-order valence-electron chi connectivity index (χ2n) is 10.4. The Morgan fingerprint density at radius 3 is 2.35 bits per heavy atom. The smallest absolute Gasteiger partial charge is 0.301 e. The van der Waals surface area contributed by atoms with E-state index >= 15 is 0 Å². The molecule has 0 aliphatic carbocycles. The van der Waals surface area contributed by atoms with E-state index in [1.807, 2.05) is 69.3 Å². The van der Waals surface area contributed by atoms with Gasteiger partial charge in [0.25, 0.3) is 5.78 Å². The monoisotopic (exact) mass is 590 g/mol. The molecule has 0 saturated carbocycles. The fourth-order valence-corrected chi connectivity index (χ4v) is 6.54. The van der Waals surface area contributed by atoms with Gasteiger partial charge >= 0.3 is 5.91 Å². The number of thiazole rings is 1. The van der Waals surface area contributed by atoms with E-state index in [4.69, 9.17) is 14.5 Å². The molecule has 43 heavy (non-hydrogen) atoms. The number of Topliss-reactive ketones (excluding diaryl/α,β-unsaturated/α-hetero) is 1. The summed E-state index contributed by atoms with van der Waals surface area (Å²) in [7, 11) is 0. The zero-order valence-electron chi connectivity index (χ0n) is 24.0. The molecule has 0 spiro atoms. The number of nitrogens with zero attached hydrogens (tertiary/aromatic N) is 2. The topological polar surface area (TPSA) is 89.0 Å². The maximum atomic E-state index is 13.7. The normalized spacial score (nSPS) is 16.2. The summed E-state index contributed by atoms with van der Waals surface area (Å²) in [5.41, 5.74) is 4.85. The number of ether oxygens (including phenoxy) is 2. The lowest BCUT2D eigenvalue weighted by molar-refractivity contribution is -0.132. The number of amides is 1. The van der Waals surface area contributed by atoms with Crippen molar-refractivity contribution in [2.75, 3.05) is 11.5 Å². The molecule has 8 heteroatoms. The molecular weight excluding hydrogens is 560 g/mol. The Bertz CT molecular complexity index is 1860. The number of anilines is 1. The lowest BCUT2D eigenvalue weighted by Gasteiger charge is -2.24. The van der Waals surface area contributed by atoms with Crippen LogP contribution in [0.2, 0.25) is 0 Å². The summed E-state index contributed by atoms with van der Waals surface area (Å²) in [6, 6.07) is 27.0. The Hall–Kier alpha value is -4.95. The highest BCUT2D eigenvalue weighted by Gasteiger charge is 2.48. The van der Waals surface area contributed by atoms with Crippen LogP contribution in [0.25, 0.3) is 16.0 Å². The van der Waals surface area contributed by atoms with E-state index in [0.717, 1.165) is 26.9 Å². The van der Waals surface area contributed by atoms with Gasteiger partial charge in [0.05, 0.1) is 28.4 Å². The van der Waals surface area contributed by atoms with Crippen LogP contribution in [0.15, 0.2) is 96.6 Å². The second-order valence-corrected chi connectivity index (χ2v) is 11.4. The molecule has 0 radical (unpaired) electrons. The van der Waals surface area contributed by atoms with Crippen molar-refractivity contribution < 1.29 is 24.2 Å². The largest absolute Gasteiger partial charge is 0.507 e. The van der Waals surface area contributed by atoms with Crippen LogP contribution in [0, 0.1) is 13.8 Å². The minimum atomic E-state index is -0.940. The summed E-state index contributed by atoms with van der Waals surface area (Å²) in [6.07, 6.45) is 0. The van der Waals surface area contributed by atoms with Gasteiger partial charge in [0, 0.05) is 5.56 Å². The molecule has 216 valence electrons. The van der Waals surface area contributed by atoms with E-state index in [-0.39, 0.29) is 11.3 Å². The summed E-state index contributed by atoms with van der Waals surface area (Å²) >= 11 is 1.34. The van der Waals surface area contributed by atoms with Gasteiger partial charge in [0.2, 0.25) is 0 Å². The first-order valence-corrected chi connectivity index (χ1v) is 14.8. The maximum Gasteiger partial charge on any atom is 0.301 e. The van der Waals surface area contributed by atoms with Gasteiger partial charge in [0.1, 0.15) is 12.4 Å². The molecule has 6 rings (SSSR count). The molecule has 1 atom stereocenters. The molecule has 1 N–H and O–H groups in total. The van der Waals surface area contributed by atoms with E-state index in [1.54, 1.807) is 42.5 Å². The van der Waals surface area contributed by atoms with Gasteiger partial charge in [-0.3, -0.25) is 14.5 Å². The summed E-state index contributed by atoms with van der Waals surface area (Å²) in [5.74, 6) is -0.779. The number of ketones is 1. The summed E-state index contributed by atoms with van der Waals surface area (Å²) in [4.78, 5) is 33.6. The molecule has 0 bridgehead atoms. The third kappa shape index (κ3) is 5.37. The van der Waals surface area contributed by atoms with E-state index in [1.165, 1.54) is 16.2 Å². The zero-order valence-corrected chi connectivity index (χ0v) is 24.9. The number of aliphatic hydroxyl groups excluding tert-OH is 1. The number of carbonyl (C=O) groups is 2. The van der Waals surface area contributed by atoms with Gasteiger partial charge < -0.3 is 14.6 Å². The van der Waals surface area contributed by atoms with Crippen molar-refractivity contribution in [3.8, 4) is 11.5 Å². The lowest BCUT2D eigenvalue weighted by atomic mass is 9.95. The molecule has 2 heterocycles. The molecule has 1 aliphatic rings. The van der Waals surface area contributed by atoms with E-state index in [2.05, 4.69) is 0 Å². The SMILES string of the molecule is CCOc1cc(C2/C(=C(\O)c3ccccc3)C(=O)C(=O)N2c2nc3c(C)cc(C)cc3s2)ccc1OCc1ccccc1. The highest BCUT2D eigenvalue weighted by atomic mass is 32.1. The Balaban J connectivity index is 1.50. The van der Waals surface area contributed by atoms with Crippen molar-refractivity contribution in [2.24, 2.45) is 0 Å². The van der Waals surface area contributed by atoms with Crippen LogP contribution in [0.3, 0.4) is 0 Å². The number of rotatable bonds is 8. The van der Waals surface area contributed by atoms with Gasteiger partial charge in [-0.05, 0) is 61.2 Å². The third-order valence-electron chi connectivity index (χ3n) is 7.34. The Morgan fingerprint density at radius 2 is 1.63 bits per heavy atom. The van der Waals surface area contributed by atoms with Crippen LogP contribution in [0.5, 0.6) is 11.5 Å². The first kappa shape index (κ1) is 28.2. The number of fused-ring (bicyclic) bond motifs is 1. The number of carbonyl (C=O) groups excluding carboxylic acids is 2. The first-order chi connectivity index (χ1) is 20.9. The second kappa shape index (κ2) is 11.7. The van der Waals surface area contributed by atoms with E-state index in [0.29, 0.717) is 41.0 Å². The lowest BCUT2D eigenvalue weighted by Crippen LogP contribution is -2.29. The van der Waals surface area contributed by atoms with Gasteiger partial charge in [0.15, 0.2) is 16.6 Å². The summed E-state index contributed by atoms with van der Waals surface area (Å²) in [5, 5.41) is 11.8. The fourth-order valence-electron chi connectivity index (χ4n) is 5.38. The van der Waals surface area contributed by atoms with Gasteiger partial charge in [-0.25, -0.2) is 4.98 Å². The van der Waals surface area contributed by atoms with Crippen LogP contribution in [0.4, 0.5) is 5.13 Å². The van der Waals surface area contributed by atoms with Gasteiger partial charge in [-0.1, -0.05) is 84.1 Å². The minimum absolute atomic E-state index is 0.0104. The van der Waals surface area contributed by atoms with E-state index < -0.39 is 17.7 Å². The maximum absolute atomic E-state index is 13.7. The molecule has 1 fully saturated rings. The van der Waals surface area contributed by atoms with Crippen molar-refractivity contribution in [2.45, 2.75) is 33.4 Å². The number of aromatic nitrogens is 1. The summed E-state index contributed by atoms with van der Waals surface area (Å²) < 4.78 is 13.0. The van der Waals surface area contributed by atoms with Crippen LogP contribution in [-0.4, -0.2) is 28.4 Å². The van der Waals surface area contributed by atoms with Crippen molar-refractivity contribution in [1.82, 2.24) is 4.98 Å². The molecule has 1 unspecified atom stereocenters. The average molecular weight is 591 g/mol. The molecule has 1 aromatic heterocycles. The van der Waals surface area contributed by atoms with Crippen LogP contribution in [0.1, 0.15) is 40.8 Å². The average Bonchev–Trinajstić information content (AvgIpc) is 3.55. The van der Waals surface area contributed by atoms with Crippen LogP contribution >= 0.6 is 11.3 Å². The minimum Gasteiger partial charge on any atom is -0.507 e. The van der Waals surface area contributed by atoms with Gasteiger partial charge in [-0.2, -0.15) is 0 Å². The quantitative estimate of drug-likeness (QED) is 0.114. The third-order valence-corrected chi connectivity index (χ3v) is 8.34. The van der Waals surface area contributed by atoms with Crippen LogP contribution in [-0.2, 0) is 16.2 Å². The Morgan fingerprint density at radius 1 is 0.907 bits per heavy atom. The van der Waals surface area contributed by atoms with Gasteiger partial charge in [-0.15, -0.1) is 0 Å². The van der Waals surface area contributed by atoms with Crippen molar-refractivity contribution in [3.05, 3.63) is 124 Å². The first-order valence-electron chi connectivity index (χ1n) is 14.0. The standard InChI is InChI=1S/C35H30N2O5S/c1-4-41-27-19-25(15-16-26(27)42-20-23-11-7-5-8-12-23)31-29(32(38)24-13-9-6-10-14-24)33(39)34(40)37(31)35-36-30-22(3)17-21(2)18-28(30)43-35/h5-19,31,38H,4,20H2,1-3H3/b32-29+. The number of aryl methyl sites for hydroxylation is 2. The molecule has 5 aromatic rings. The number of benzene rings is 4. The van der Waals surface area contributed by atoms with E-state index in [9.17, 15) is 14.7 Å². The number of aliphatic hydroxyl groups is 1. The van der Waals surface area contributed by atoms with Crippen molar-refractivity contribution in [1.29, 1.82) is 0 Å². The molecule has 1 aliphatic heterocycles. The molecular formula is C35H30N2O5S. The highest BCUT2D eigenvalue weighted by Crippen LogP contribution is 2.46. The summed E-state index contributed by atoms with van der Waals surface area (Å²) in [6.45, 7) is 6.58. The Kier molecular flexibility index (Phi) is 7.69. The molecule has 7 nitrogen and oxygen atoms in total. The zero-order chi connectivity index (χ0) is 30.1. The molecule has 1 amide bonds. The predicted molar refractivity (Wildman–Crippen MR) is 169 cm³/mol. The molecule has 1 saturated heterocycles. The highest BCUT2D eigenvalue weighted by molar-refractivity contribution is 7.22. The predicted octanol–water partition coefficient (Wildman–Crippen LogP) is 7.52. The Labute approximate surface area is 253 Å². The fraction of sp³-hybridized carbons (Fsp3) is 0.171. The van der Waals surface area contributed by atoms with Crippen molar-refractivity contribution in [3.63, 3.8) is 0 Å². The van der Waals surface area contributed by atoms with Crippen LogP contribution < -0.4 is 14.4 Å². The number of hydrogen-bond acceptors (Lipinski definition) is 7. The molecule has 4 aromatic carbocycles. The van der Waals surface area contributed by atoms with Crippen molar-refractivity contribution >= 4 is 44.1 Å². The number of hydrogen-bond donors (Lipinski definition) is 1.